The fourth-order valence-electron chi connectivity index (χ4n) is 2.27. The second-order valence-corrected chi connectivity index (χ2v) is 5.69. The Bertz CT molecular complexity index is 583. The molecule has 2 rings (SSSR count). The Morgan fingerprint density at radius 2 is 2.19 bits per heavy atom. The van der Waals surface area contributed by atoms with Crippen molar-refractivity contribution >= 4 is 29.2 Å². The number of aromatic carboxylic acids is 1. The maximum absolute atomic E-state index is 12.3. The van der Waals surface area contributed by atoms with E-state index in [1.54, 1.807) is 0 Å². The summed E-state index contributed by atoms with van der Waals surface area (Å²) < 4.78 is 5.03. The van der Waals surface area contributed by atoms with Crippen LogP contribution in [0.25, 0.3) is 0 Å². The summed E-state index contributed by atoms with van der Waals surface area (Å²) in [6, 6.07) is 2.70. The number of anilines is 1. The van der Waals surface area contributed by atoms with Crippen LogP contribution < -0.4 is 15.4 Å². The molecule has 1 aromatic carbocycles. The van der Waals surface area contributed by atoms with E-state index >= 15 is 0 Å². The van der Waals surface area contributed by atoms with Gasteiger partial charge in [0.1, 0.15) is 11.3 Å². The van der Waals surface area contributed by atoms with E-state index in [0.717, 1.165) is 13.0 Å². The fourth-order valence-corrected chi connectivity index (χ4v) is 2.48. The minimum absolute atomic E-state index is 0.0470. The molecule has 1 unspecified atom stereocenters. The molecule has 0 aliphatic carbocycles. The third-order valence-electron chi connectivity index (χ3n) is 3.68. The van der Waals surface area contributed by atoms with Gasteiger partial charge in [-0.2, -0.15) is 0 Å². The smallest absolute Gasteiger partial charge is 0.339 e. The highest BCUT2D eigenvalue weighted by Crippen LogP contribution is 2.33. The third-order valence-corrected chi connectivity index (χ3v) is 4.00. The number of rotatable bonds is 4. The summed E-state index contributed by atoms with van der Waals surface area (Å²) in [6.07, 6.45) is 0.737. The number of carboxylic acids is 1. The molecule has 1 aromatic rings. The first kappa shape index (κ1) is 15.6. The minimum atomic E-state index is -1.14. The second kappa shape index (κ2) is 5.91. The molecule has 0 aromatic heterocycles. The topological polar surface area (TPSA) is 87.7 Å². The predicted octanol–water partition coefficient (Wildman–Crippen LogP) is 1.98. The van der Waals surface area contributed by atoms with Gasteiger partial charge in [0.15, 0.2) is 0 Å². The summed E-state index contributed by atoms with van der Waals surface area (Å²) >= 11 is 6.05. The zero-order valence-corrected chi connectivity index (χ0v) is 12.6. The standard InChI is InChI=1S/C14H17ClN2O4/c1-14(3-4-16-7-14)13(20)17-10-6-11(21-2)8(12(18)19)5-9(10)15/h5-6,16H,3-4,7H2,1-2H3,(H,17,20)(H,18,19). The molecule has 0 saturated carbocycles. The molecule has 7 heteroatoms. The van der Waals surface area contributed by atoms with Crippen LogP contribution in [-0.4, -0.2) is 37.2 Å². The Morgan fingerprint density at radius 1 is 1.48 bits per heavy atom. The Morgan fingerprint density at radius 3 is 2.71 bits per heavy atom. The quantitative estimate of drug-likeness (QED) is 0.791. The molecule has 1 amide bonds. The molecule has 0 radical (unpaired) electrons. The van der Waals surface area contributed by atoms with Crippen molar-refractivity contribution in [3.05, 3.63) is 22.7 Å². The van der Waals surface area contributed by atoms with E-state index in [1.165, 1.54) is 19.2 Å². The van der Waals surface area contributed by atoms with Crippen LogP contribution in [0, 0.1) is 5.41 Å². The molecule has 114 valence electrons. The molecule has 1 heterocycles. The molecule has 1 saturated heterocycles. The van der Waals surface area contributed by atoms with Crippen LogP contribution in [0.4, 0.5) is 5.69 Å². The number of nitrogens with one attached hydrogen (secondary N) is 2. The van der Waals surface area contributed by atoms with Gasteiger partial charge >= 0.3 is 5.97 Å². The van der Waals surface area contributed by atoms with E-state index in [9.17, 15) is 9.59 Å². The van der Waals surface area contributed by atoms with E-state index in [-0.39, 0.29) is 22.2 Å². The van der Waals surface area contributed by atoms with Crippen molar-refractivity contribution in [2.45, 2.75) is 13.3 Å². The van der Waals surface area contributed by atoms with Crippen LogP contribution in [0.3, 0.4) is 0 Å². The van der Waals surface area contributed by atoms with Gasteiger partial charge < -0.3 is 20.5 Å². The SMILES string of the molecule is COc1cc(NC(=O)C2(C)CCNC2)c(Cl)cc1C(=O)O. The van der Waals surface area contributed by atoms with E-state index in [1.807, 2.05) is 6.92 Å². The van der Waals surface area contributed by atoms with Gasteiger partial charge in [-0.1, -0.05) is 11.6 Å². The maximum atomic E-state index is 12.3. The van der Waals surface area contributed by atoms with Gasteiger partial charge in [0.2, 0.25) is 5.91 Å². The average Bonchev–Trinajstić information content (AvgIpc) is 2.88. The molecular formula is C14H17ClN2O4. The summed E-state index contributed by atoms with van der Waals surface area (Å²) in [5.41, 5.74) is -0.201. The summed E-state index contributed by atoms with van der Waals surface area (Å²) in [5, 5.41) is 15.1. The lowest BCUT2D eigenvalue weighted by atomic mass is 9.88. The third kappa shape index (κ3) is 3.11. The highest BCUT2D eigenvalue weighted by molar-refractivity contribution is 6.34. The molecular weight excluding hydrogens is 296 g/mol. The molecule has 3 N–H and O–H groups in total. The van der Waals surface area contributed by atoms with E-state index in [4.69, 9.17) is 21.4 Å². The highest BCUT2D eigenvalue weighted by Gasteiger charge is 2.36. The van der Waals surface area contributed by atoms with Crippen molar-refractivity contribution in [2.75, 3.05) is 25.5 Å². The first-order valence-electron chi connectivity index (χ1n) is 6.50. The molecule has 0 spiro atoms. The normalized spacial score (nSPS) is 21.1. The first-order valence-corrected chi connectivity index (χ1v) is 6.88. The number of carbonyl (C=O) groups is 2. The predicted molar refractivity (Wildman–Crippen MR) is 79.2 cm³/mol. The number of benzene rings is 1. The molecule has 1 fully saturated rings. The number of halogens is 1. The molecule has 1 aliphatic heterocycles. The maximum Gasteiger partial charge on any atom is 0.339 e. The Kier molecular flexibility index (Phi) is 4.39. The summed E-state index contributed by atoms with van der Waals surface area (Å²) in [5.74, 6) is -1.14. The highest BCUT2D eigenvalue weighted by atomic mass is 35.5. The minimum Gasteiger partial charge on any atom is -0.496 e. The van der Waals surface area contributed by atoms with Gasteiger partial charge in [-0.3, -0.25) is 4.79 Å². The number of carboxylic acid groups (broad SMARTS) is 1. The van der Waals surface area contributed by atoms with Gasteiger partial charge in [0.05, 0.1) is 23.2 Å². The van der Waals surface area contributed by atoms with Crippen LogP contribution in [-0.2, 0) is 4.79 Å². The zero-order valence-electron chi connectivity index (χ0n) is 11.8. The van der Waals surface area contributed by atoms with Crippen molar-refractivity contribution in [3.63, 3.8) is 0 Å². The fraction of sp³-hybridized carbons (Fsp3) is 0.429. The number of hydrogen-bond acceptors (Lipinski definition) is 4. The summed E-state index contributed by atoms with van der Waals surface area (Å²) in [4.78, 5) is 23.4. The number of carbonyl (C=O) groups excluding carboxylic acids is 1. The Labute approximate surface area is 127 Å². The molecule has 21 heavy (non-hydrogen) atoms. The van der Waals surface area contributed by atoms with Crippen LogP contribution in [0.2, 0.25) is 5.02 Å². The zero-order chi connectivity index (χ0) is 15.6. The van der Waals surface area contributed by atoms with Crippen molar-refractivity contribution in [3.8, 4) is 5.75 Å². The number of methoxy groups -OCH3 is 1. The number of hydrogen-bond donors (Lipinski definition) is 3. The summed E-state index contributed by atoms with van der Waals surface area (Å²) in [7, 11) is 1.36. The van der Waals surface area contributed by atoms with Gasteiger partial charge in [-0.15, -0.1) is 0 Å². The van der Waals surface area contributed by atoms with Gasteiger partial charge in [-0.25, -0.2) is 4.79 Å². The van der Waals surface area contributed by atoms with Crippen molar-refractivity contribution in [2.24, 2.45) is 5.41 Å². The Balaban J connectivity index is 2.28. The second-order valence-electron chi connectivity index (χ2n) is 5.28. The first-order chi connectivity index (χ1) is 9.87. The van der Waals surface area contributed by atoms with Gasteiger partial charge in [-0.05, 0) is 26.0 Å². The van der Waals surface area contributed by atoms with Crippen LogP contribution in [0.15, 0.2) is 12.1 Å². The monoisotopic (exact) mass is 312 g/mol. The van der Waals surface area contributed by atoms with E-state index < -0.39 is 11.4 Å². The van der Waals surface area contributed by atoms with Crippen molar-refractivity contribution in [1.82, 2.24) is 5.32 Å². The van der Waals surface area contributed by atoms with Crippen molar-refractivity contribution in [1.29, 1.82) is 0 Å². The van der Waals surface area contributed by atoms with Crippen LogP contribution in [0.5, 0.6) is 5.75 Å². The lowest BCUT2D eigenvalue weighted by Gasteiger charge is -2.22. The van der Waals surface area contributed by atoms with Gasteiger partial charge in [0.25, 0.3) is 0 Å². The van der Waals surface area contributed by atoms with E-state index in [0.29, 0.717) is 12.2 Å². The van der Waals surface area contributed by atoms with Crippen LogP contribution in [0.1, 0.15) is 23.7 Å². The average molecular weight is 313 g/mol. The summed E-state index contributed by atoms with van der Waals surface area (Å²) in [6.45, 7) is 3.26. The lowest BCUT2D eigenvalue weighted by Crippen LogP contribution is -2.35. The van der Waals surface area contributed by atoms with E-state index in [2.05, 4.69) is 10.6 Å². The Hall–Kier alpha value is -1.79. The van der Waals surface area contributed by atoms with Crippen molar-refractivity contribution < 1.29 is 19.4 Å². The number of amides is 1. The molecule has 1 atom stereocenters. The molecule has 1 aliphatic rings. The number of ether oxygens (including phenoxy) is 1. The largest absolute Gasteiger partial charge is 0.496 e. The van der Waals surface area contributed by atoms with Crippen LogP contribution >= 0.6 is 11.6 Å². The van der Waals surface area contributed by atoms with Gasteiger partial charge in [0, 0.05) is 12.6 Å². The molecule has 6 nitrogen and oxygen atoms in total. The lowest BCUT2D eigenvalue weighted by molar-refractivity contribution is -0.123. The molecule has 0 bridgehead atoms.